The van der Waals surface area contributed by atoms with Crippen LogP contribution in [0.4, 0.5) is 10.5 Å². The number of hydrogen-bond donors (Lipinski definition) is 2. The highest BCUT2D eigenvalue weighted by Crippen LogP contribution is 2.33. The first-order chi connectivity index (χ1) is 10.2. The summed E-state index contributed by atoms with van der Waals surface area (Å²) < 4.78 is 0. The van der Waals surface area contributed by atoms with E-state index in [0.29, 0.717) is 11.6 Å². The van der Waals surface area contributed by atoms with Gasteiger partial charge in [0.05, 0.1) is 17.9 Å². The summed E-state index contributed by atoms with van der Waals surface area (Å²) in [6.07, 6.45) is 5.73. The number of hydrogen-bond acceptors (Lipinski definition) is 2. The van der Waals surface area contributed by atoms with Crippen molar-refractivity contribution in [2.24, 2.45) is 5.92 Å². The second kappa shape index (κ2) is 5.99. The maximum Gasteiger partial charge on any atom is 0.322 e. The fourth-order valence-electron chi connectivity index (χ4n) is 2.42. The fraction of sp³-hybridized carbons (Fsp3) is 0.375. The lowest BCUT2D eigenvalue weighted by atomic mass is 10.1. The first kappa shape index (κ1) is 13.7. The number of nitrogens with zero attached hydrogens (tertiary/aromatic N) is 2. The smallest absolute Gasteiger partial charge is 0.317 e. The Hall–Kier alpha value is -2.30. The molecule has 1 atom stereocenters. The molecular weight excluding hydrogens is 264 g/mol. The van der Waals surface area contributed by atoms with E-state index in [1.165, 1.54) is 12.8 Å². The van der Waals surface area contributed by atoms with Gasteiger partial charge < -0.3 is 10.2 Å². The number of carbonyl (C=O) groups is 1. The molecular formula is C16H20N4O. The molecule has 5 nitrogen and oxygen atoms in total. The summed E-state index contributed by atoms with van der Waals surface area (Å²) >= 11 is 0. The van der Waals surface area contributed by atoms with E-state index in [9.17, 15) is 4.79 Å². The van der Waals surface area contributed by atoms with E-state index >= 15 is 0 Å². The van der Waals surface area contributed by atoms with Crippen molar-refractivity contribution >= 4 is 11.7 Å². The van der Waals surface area contributed by atoms with E-state index in [1.54, 1.807) is 12.4 Å². The van der Waals surface area contributed by atoms with Gasteiger partial charge in [-0.2, -0.15) is 5.10 Å². The zero-order valence-electron chi connectivity index (χ0n) is 12.1. The van der Waals surface area contributed by atoms with Crippen molar-refractivity contribution in [2.45, 2.75) is 25.8 Å². The lowest BCUT2D eigenvalue weighted by molar-refractivity contribution is 0.189. The fourth-order valence-corrected chi connectivity index (χ4v) is 2.42. The molecule has 1 fully saturated rings. The van der Waals surface area contributed by atoms with Gasteiger partial charge in [-0.1, -0.05) is 30.3 Å². The number of amides is 2. The SMILES string of the molecule is CC(c1ccccc1)N(CC1CC1)C(=O)Nc1cn[nH]c1. The molecule has 110 valence electrons. The van der Waals surface area contributed by atoms with Gasteiger partial charge in [0.1, 0.15) is 0 Å². The molecule has 0 spiro atoms. The zero-order valence-corrected chi connectivity index (χ0v) is 12.1. The van der Waals surface area contributed by atoms with Crippen LogP contribution in [0.2, 0.25) is 0 Å². The Morgan fingerprint density at radius 2 is 2.19 bits per heavy atom. The van der Waals surface area contributed by atoms with Crippen LogP contribution in [0.25, 0.3) is 0 Å². The molecule has 3 rings (SSSR count). The van der Waals surface area contributed by atoms with Crippen molar-refractivity contribution in [1.82, 2.24) is 15.1 Å². The van der Waals surface area contributed by atoms with Crippen LogP contribution in [-0.4, -0.2) is 27.7 Å². The van der Waals surface area contributed by atoms with Crippen LogP contribution in [0.5, 0.6) is 0 Å². The third-order valence-electron chi connectivity index (χ3n) is 3.91. The second-order valence-electron chi connectivity index (χ2n) is 5.60. The zero-order chi connectivity index (χ0) is 14.7. The van der Waals surface area contributed by atoms with Gasteiger partial charge in [0.2, 0.25) is 0 Å². The number of nitrogens with one attached hydrogen (secondary N) is 2. The third kappa shape index (κ3) is 3.42. The molecule has 1 aromatic heterocycles. The van der Waals surface area contributed by atoms with Crippen LogP contribution < -0.4 is 5.32 Å². The van der Waals surface area contributed by atoms with Crippen molar-refractivity contribution in [3.63, 3.8) is 0 Å². The van der Waals surface area contributed by atoms with Crippen LogP contribution in [0.3, 0.4) is 0 Å². The monoisotopic (exact) mass is 284 g/mol. The predicted octanol–water partition coefficient (Wildman–Crippen LogP) is 3.41. The molecule has 0 aliphatic heterocycles. The summed E-state index contributed by atoms with van der Waals surface area (Å²) in [6.45, 7) is 2.88. The lowest BCUT2D eigenvalue weighted by Crippen LogP contribution is -2.38. The van der Waals surface area contributed by atoms with Gasteiger partial charge in [0.25, 0.3) is 0 Å². The van der Waals surface area contributed by atoms with Gasteiger partial charge in [-0.25, -0.2) is 4.79 Å². The van der Waals surface area contributed by atoms with Crippen LogP contribution in [0.1, 0.15) is 31.4 Å². The van der Waals surface area contributed by atoms with E-state index in [4.69, 9.17) is 0 Å². The molecule has 1 saturated carbocycles. The molecule has 1 aliphatic carbocycles. The van der Waals surface area contributed by atoms with Crippen molar-refractivity contribution < 1.29 is 4.79 Å². The lowest BCUT2D eigenvalue weighted by Gasteiger charge is -2.29. The number of anilines is 1. The molecule has 1 heterocycles. The second-order valence-corrected chi connectivity index (χ2v) is 5.60. The highest BCUT2D eigenvalue weighted by atomic mass is 16.2. The molecule has 2 aromatic rings. The van der Waals surface area contributed by atoms with E-state index in [1.807, 2.05) is 23.1 Å². The molecule has 1 aliphatic rings. The molecule has 0 bridgehead atoms. The minimum absolute atomic E-state index is 0.0544. The van der Waals surface area contributed by atoms with Gasteiger partial charge in [-0.3, -0.25) is 5.10 Å². The average Bonchev–Trinajstić information content (AvgIpc) is 3.20. The molecule has 5 heteroatoms. The van der Waals surface area contributed by atoms with Crippen LogP contribution in [0.15, 0.2) is 42.7 Å². The predicted molar refractivity (Wildman–Crippen MR) is 81.9 cm³/mol. The van der Waals surface area contributed by atoms with Gasteiger partial charge in [0.15, 0.2) is 0 Å². The normalized spacial score (nSPS) is 15.5. The summed E-state index contributed by atoms with van der Waals surface area (Å²) in [5.74, 6) is 0.645. The van der Waals surface area contributed by atoms with E-state index < -0.39 is 0 Å². The van der Waals surface area contributed by atoms with E-state index in [2.05, 4.69) is 34.6 Å². The summed E-state index contributed by atoms with van der Waals surface area (Å²) in [5.41, 5.74) is 1.85. The molecule has 21 heavy (non-hydrogen) atoms. The minimum atomic E-state index is -0.0698. The molecule has 1 unspecified atom stereocenters. The Balaban J connectivity index is 1.74. The number of H-pyrrole nitrogens is 1. The van der Waals surface area contributed by atoms with Crippen LogP contribution >= 0.6 is 0 Å². The van der Waals surface area contributed by atoms with E-state index in [0.717, 1.165) is 12.1 Å². The number of aromatic amines is 1. The highest BCUT2D eigenvalue weighted by molar-refractivity contribution is 5.89. The standard InChI is InChI=1S/C16H20N4O/c1-12(14-5-3-2-4-6-14)20(11-13-7-8-13)16(21)19-15-9-17-18-10-15/h2-6,9-10,12-13H,7-8,11H2,1H3,(H,17,18)(H,19,21). The Morgan fingerprint density at radius 1 is 1.43 bits per heavy atom. The summed E-state index contributed by atoms with van der Waals surface area (Å²) in [7, 11) is 0. The van der Waals surface area contributed by atoms with Crippen molar-refractivity contribution in [1.29, 1.82) is 0 Å². The Bertz CT molecular complexity index is 578. The molecule has 1 aromatic carbocycles. The van der Waals surface area contributed by atoms with Crippen molar-refractivity contribution in [3.05, 3.63) is 48.3 Å². The summed E-state index contributed by atoms with van der Waals surface area (Å²) in [4.78, 5) is 14.5. The molecule has 0 radical (unpaired) electrons. The van der Waals surface area contributed by atoms with Crippen molar-refractivity contribution in [3.8, 4) is 0 Å². The summed E-state index contributed by atoms with van der Waals surface area (Å²) in [6, 6.07) is 10.1. The maximum atomic E-state index is 12.6. The Labute approximate surface area is 124 Å². The van der Waals surface area contributed by atoms with E-state index in [-0.39, 0.29) is 12.1 Å². The van der Waals surface area contributed by atoms with Gasteiger partial charge in [-0.15, -0.1) is 0 Å². The number of aromatic nitrogens is 2. The Kier molecular flexibility index (Phi) is 3.90. The Morgan fingerprint density at radius 3 is 2.81 bits per heavy atom. The first-order valence-corrected chi connectivity index (χ1v) is 7.35. The van der Waals surface area contributed by atoms with Crippen LogP contribution in [0, 0.1) is 5.92 Å². The van der Waals surface area contributed by atoms with Crippen LogP contribution in [-0.2, 0) is 0 Å². The minimum Gasteiger partial charge on any atom is -0.317 e. The quantitative estimate of drug-likeness (QED) is 0.883. The van der Waals surface area contributed by atoms with Gasteiger partial charge in [-0.05, 0) is 31.2 Å². The number of urea groups is 1. The number of rotatable bonds is 5. The average molecular weight is 284 g/mol. The van der Waals surface area contributed by atoms with Gasteiger partial charge in [0, 0.05) is 12.7 Å². The first-order valence-electron chi connectivity index (χ1n) is 7.35. The number of carbonyl (C=O) groups excluding carboxylic acids is 1. The number of benzene rings is 1. The molecule has 2 amide bonds. The molecule has 2 N–H and O–H groups in total. The van der Waals surface area contributed by atoms with Crippen molar-refractivity contribution in [2.75, 3.05) is 11.9 Å². The third-order valence-corrected chi connectivity index (χ3v) is 3.91. The summed E-state index contributed by atoms with van der Waals surface area (Å²) in [5, 5.41) is 9.46. The highest BCUT2D eigenvalue weighted by Gasteiger charge is 2.30. The molecule has 0 saturated heterocycles. The largest absolute Gasteiger partial charge is 0.322 e. The topological polar surface area (TPSA) is 61.0 Å². The maximum absolute atomic E-state index is 12.6. The van der Waals surface area contributed by atoms with Gasteiger partial charge >= 0.3 is 6.03 Å².